The Morgan fingerprint density at radius 1 is 1.22 bits per heavy atom. The molecule has 3 atom stereocenters. The summed E-state index contributed by atoms with van der Waals surface area (Å²) >= 11 is 0. The van der Waals surface area contributed by atoms with Gasteiger partial charge in [0, 0.05) is 44.3 Å². The number of benzene rings is 1. The number of hydrogen-bond acceptors (Lipinski definition) is 6. The number of nitrogens with one attached hydrogen (secondary N) is 3. The Kier molecular flexibility index (Phi) is 8.02. The average Bonchev–Trinajstić information content (AvgIpc) is 3.30. The van der Waals surface area contributed by atoms with Crippen LogP contribution in [0.1, 0.15) is 23.2 Å². The van der Waals surface area contributed by atoms with Gasteiger partial charge in [-0.25, -0.2) is 13.1 Å². The lowest BCUT2D eigenvalue weighted by atomic mass is 10.1. The maximum atomic E-state index is 12.3. The van der Waals surface area contributed by atoms with Crippen LogP contribution in [0.2, 0.25) is 0 Å². The second kappa shape index (κ2) is 9.81. The molecule has 2 saturated heterocycles. The topological polar surface area (TPSA) is 117 Å². The van der Waals surface area contributed by atoms with Crippen LogP contribution < -0.4 is 15.4 Å². The first-order chi connectivity index (χ1) is 12.5. The highest BCUT2D eigenvalue weighted by atomic mass is 35.5. The molecule has 2 heterocycles. The number of sulfonamides is 1. The first-order valence-corrected chi connectivity index (χ1v) is 10.3. The van der Waals surface area contributed by atoms with E-state index < -0.39 is 16.1 Å². The third-order valence-corrected chi connectivity index (χ3v) is 6.22. The number of ether oxygens (including phenoxy) is 1. The highest BCUT2D eigenvalue weighted by molar-refractivity contribution is 7.89. The van der Waals surface area contributed by atoms with Gasteiger partial charge < -0.3 is 20.5 Å². The van der Waals surface area contributed by atoms with Crippen molar-refractivity contribution < 1.29 is 23.1 Å². The molecule has 2 aliphatic heterocycles. The number of hydrogen-bond donors (Lipinski definition) is 4. The zero-order valence-electron chi connectivity index (χ0n) is 14.9. The molecule has 1 aromatic rings. The fourth-order valence-electron chi connectivity index (χ4n) is 3.13. The van der Waals surface area contributed by atoms with E-state index in [0.717, 1.165) is 12.8 Å². The summed E-state index contributed by atoms with van der Waals surface area (Å²) in [6.45, 7) is 2.49. The minimum atomic E-state index is -3.63. The zero-order chi connectivity index (χ0) is 18.6. The highest BCUT2D eigenvalue weighted by Gasteiger charge is 2.25. The zero-order valence-corrected chi connectivity index (χ0v) is 16.5. The molecule has 3 unspecified atom stereocenters. The fraction of sp³-hybridized carbons (Fsp3) is 0.588. The number of carbonyl (C=O) groups excluding carboxylic acids is 1. The van der Waals surface area contributed by atoms with Crippen molar-refractivity contribution in [2.24, 2.45) is 5.92 Å². The molecule has 3 rings (SSSR count). The molecule has 4 N–H and O–H groups in total. The number of halogens is 1. The second-order valence-corrected chi connectivity index (χ2v) is 8.47. The first kappa shape index (κ1) is 22.1. The van der Waals surface area contributed by atoms with Crippen molar-refractivity contribution in [3.8, 4) is 0 Å². The van der Waals surface area contributed by atoms with Crippen molar-refractivity contribution in [3.05, 3.63) is 29.8 Å². The van der Waals surface area contributed by atoms with Crippen LogP contribution in [0.5, 0.6) is 0 Å². The van der Waals surface area contributed by atoms with E-state index in [1.54, 1.807) is 0 Å². The molecule has 8 nitrogen and oxygen atoms in total. The molecule has 0 radical (unpaired) electrons. The number of β-amino-alcohol motifs (C(OH)–C–C–N with tert-alkyl or cyclic N) is 1. The van der Waals surface area contributed by atoms with Crippen molar-refractivity contribution in [3.63, 3.8) is 0 Å². The Balaban J connectivity index is 0.00000261. The highest BCUT2D eigenvalue weighted by Crippen LogP contribution is 2.14. The molecule has 152 valence electrons. The number of carbonyl (C=O) groups is 1. The van der Waals surface area contributed by atoms with Crippen LogP contribution in [-0.4, -0.2) is 64.4 Å². The third kappa shape index (κ3) is 5.87. The van der Waals surface area contributed by atoms with Crippen LogP contribution in [0.3, 0.4) is 0 Å². The molecule has 2 aliphatic rings. The summed E-state index contributed by atoms with van der Waals surface area (Å²) in [7, 11) is -3.63. The van der Waals surface area contributed by atoms with Gasteiger partial charge >= 0.3 is 0 Å². The van der Waals surface area contributed by atoms with Gasteiger partial charge in [0.25, 0.3) is 5.91 Å². The summed E-state index contributed by atoms with van der Waals surface area (Å²) in [5.74, 6) is -0.305. The summed E-state index contributed by atoms with van der Waals surface area (Å²) in [4.78, 5) is 12.3. The van der Waals surface area contributed by atoms with E-state index >= 15 is 0 Å². The lowest BCUT2D eigenvalue weighted by Crippen LogP contribution is -2.34. The summed E-state index contributed by atoms with van der Waals surface area (Å²) in [5.41, 5.74) is 0.378. The normalized spacial score (nSPS) is 25.1. The molecule has 0 aliphatic carbocycles. The van der Waals surface area contributed by atoms with Gasteiger partial charge in [-0.3, -0.25) is 4.79 Å². The summed E-state index contributed by atoms with van der Waals surface area (Å²) in [6.07, 6.45) is 1.27. The van der Waals surface area contributed by atoms with Gasteiger partial charge in [0.05, 0.1) is 17.1 Å². The molecule has 0 aromatic heterocycles. The van der Waals surface area contributed by atoms with Crippen LogP contribution in [0, 0.1) is 5.92 Å². The largest absolute Gasteiger partial charge is 0.391 e. The van der Waals surface area contributed by atoms with Crippen LogP contribution in [0.25, 0.3) is 0 Å². The summed E-state index contributed by atoms with van der Waals surface area (Å²) in [5, 5.41) is 15.6. The van der Waals surface area contributed by atoms with Gasteiger partial charge in [-0.2, -0.15) is 0 Å². The van der Waals surface area contributed by atoms with Crippen molar-refractivity contribution in [1.29, 1.82) is 0 Å². The summed E-state index contributed by atoms with van der Waals surface area (Å²) < 4.78 is 32.6. The van der Waals surface area contributed by atoms with Gasteiger partial charge in [0.1, 0.15) is 0 Å². The van der Waals surface area contributed by atoms with E-state index in [1.165, 1.54) is 24.3 Å². The number of aliphatic hydroxyl groups excluding tert-OH is 1. The molecule has 2 fully saturated rings. The van der Waals surface area contributed by atoms with Gasteiger partial charge in [0.15, 0.2) is 0 Å². The number of aliphatic hydroxyl groups is 1. The van der Waals surface area contributed by atoms with Crippen LogP contribution in [-0.2, 0) is 14.8 Å². The molecular formula is C17H26ClN3O5S. The van der Waals surface area contributed by atoms with Crippen molar-refractivity contribution in [2.45, 2.75) is 29.9 Å². The van der Waals surface area contributed by atoms with Crippen molar-refractivity contribution >= 4 is 28.3 Å². The monoisotopic (exact) mass is 419 g/mol. The summed E-state index contributed by atoms with van der Waals surface area (Å²) in [6, 6.07) is 5.80. The van der Waals surface area contributed by atoms with E-state index in [9.17, 15) is 18.3 Å². The Morgan fingerprint density at radius 2 is 1.96 bits per heavy atom. The van der Waals surface area contributed by atoms with Crippen molar-refractivity contribution in [2.75, 3.05) is 32.8 Å². The lowest BCUT2D eigenvalue weighted by molar-refractivity contribution is 0.0927. The molecule has 0 bridgehead atoms. The van der Waals surface area contributed by atoms with Gasteiger partial charge in [-0.05, 0) is 37.1 Å². The lowest BCUT2D eigenvalue weighted by Gasteiger charge is -2.14. The Labute approximate surface area is 165 Å². The third-order valence-electron chi connectivity index (χ3n) is 4.78. The van der Waals surface area contributed by atoms with Gasteiger partial charge in [-0.15, -0.1) is 12.4 Å². The SMILES string of the molecule is Cl.O=C(NCC1CNCC1O)c1ccc(S(=O)(=O)NCC2CCCO2)cc1. The van der Waals surface area contributed by atoms with E-state index in [2.05, 4.69) is 15.4 Å². The second-order valence-electron chi connectivity index (χ2n) is 6.71. The van der Waals surface area contributed by atoms with Crippen LogP contribution >= 0.6 is 12.4 Å². The first-order valence-electron chi connectivity index (χ1n) is 8.84. The van der Waals surface area contributed by atoms with E-state index in [-0.39, 0.29) is 41.8 Å². The van der Waals surface area contributed by atoms with E-state index in [1.807, 2.05) is 0 Å². The molecule has 1 aromatic carbocycles. The fourth-order valence-corrected chi connectivity index (χ4v) is 4.20. The minimum Gasteiger partial charge on any atom is -0.391 e. The molecular weight excluding hydrogens is 394 g/mol. The van der Waals surface area contributed by atoms with E-state index in [4.69, 9.17) is 4.74 Å². The molecule has 0 spiro atoms. The predicted octanol–water partition coefficient (Wildman–Crippen LogP) is -0.124. The van der Waals surface area contributed by atoms with Crippen LogP contribution in [0.15, 0.2) is 29.2 Å². The number of amides is 1. The molecule has 1 amide bonds. The standard InChI is InChI=1S/C17H25N3O5S.ClH/c21-16-11-18-8-13(16)9-19-17(22)12-3-5-15(6-4-12)26(23,24)20-10-14-2-1-7-25-14;/h3-6,13-14,16,18,20-21H,1-2,7-11H2,(H,19,22);1H. The van der Waals surface area contributed by atoms with Crippen molar-refractivity contribution in [1.82, 2.24) is 15.4 Å². The molecule has 10 heteroatoms. The Morgan fingerprint density at radius 3 is 2.56 bits per heavy atom. The molecule has 0 saturated carbocycles. The smallest absolute Gasteiger partial charge is 0.251 e. The van der Waals surface area contributed by atoms with Gasteiger partial charge in [0.2, 0.25) is 10.0 Å². The minimum absolute atomic E-state index is 0. The van der Waals surface area contributed by atoms with E-state index in [0.29, 0.717) is 31.8 Å². The molecule has 27 heavy (non-hydrogen) atoms. The average molecular weight is 420 g/mol. The maximum Gasteiger partial charge on any atom is 0.251 e. The predicted molar refractivity (Wildman–Crippen MR) is 103 cm³/mol. The Bertz CT molecular complexity index is 723. The quantitative estimate of drug-likeness (QED) is 0.489. The maximum absolute atomic E-state index is 12.3. The van der Waals surface area contributed by atoms with Gasteiger partial charge in [-0.1, -0.05) is 0 Å². The Hall–Kier alpha value is -1.23. The number of rotatable bonds is 7. The van der Waals surface area contributed by atoms with Crippen LogP contribution in [0.4, 0.5) is 0 Å².